The van der Waals surface area contributed by atoms with Crippen LogP contribution in [0.25, 0.3) is 0 Å². The standard InChI is InChI=1S/C21H26N2O2/c1-16(13-22-17(2)24)25-20-14-23(15-20)21(18-9-5-3-6-10-18)19-11-7-4-8-12-19/h3-12,16,20-21H,13-15H2,1-2H3,(H,22,24). The highest BCUT2D eigenvalue weighted by molar-refractivity contribution is 5.72. The van der Waals surface area contributed by atoms with Crippen LogP contribution in [-0.2, 0) is 9.53 Å². The molecule has 0 aliphatic carbocycles. The van der Waals surface area contributed by atoms with Gasteiger partial charge in [-0.05, 0) is 18.1 Å². The SMILES string of the molecule is CC(=O)NCC(C)OC1CN(C(c2ccccc2)c2ccccc2)C1. The van der Waals surface area contributed by atoms with Gasteiger partial charge < -0.3 is 10.1 Å². The van der Waals surface area contributed by atoms with Crippen LogP contribution in [0, 0.1) is 0 Å². The van der Waals surface area contributed by atoms with Gasteiger partial charge in [-0.3, -0.25) is 9.69 Å². The average molecular weight is 338 g/mol. The Hall–Kier alpha value is -2.17. The molecular weight excluding hydrogens is 312 g/mol. The smallest absolute Gasteiger partial charge is 0.216 e. The first-order valence-corrected chi connectivity index (χ1v) is 8.87. The second kappa shape index (κ2) is 8.28. The Morgan fingerprint density at radius 3 is 2.08 bits per heavy atom. The van der Waals surface area contributed by atoms with E-state index in [4.69, 9.17) is 4.74 Å². The van der Waals surface area contributed by atoms with Crippen molar-refractivity contribution in [3.8, 4) is 0 Å². The van der Waals surface area contributed by atoms with E-state index in [1.54, 1.807) is 0 Å². The third kappa shape index (κ3) is 4.68. The molecule has 1 aliphatic heterocycles. The summed E-state index contributed by atoms with van der Waals surface area (Å²) >= 11 is 0. The minimum atomic E-state index is -0.0149. The van der Waals surface area contributed by atoms with Crippen molar-refractivity contribution >= 4 is 5.91 Å². The molecule has 1 atom stereocenters. The van der Waals surface area contributed by atoms with Gasteiger partial charge in [0.25, 0.3) is 0 Å². The summed E-state index contributed by atoms with van der Waals surface area (Å²) in [5.74, 6) is -0.0149. The molecule has 2 aromatic carbocycles. The van der Waals surface area contributed by atoms with E-state index in [0.717, 1.165) is 13.1 Å². The molecule has 0 bridgehead atoms. The van der Waals surface area contributed by atoms with Crippen molar-refractivity contribution < 1.29 is 9.53 Å². The summed E-state index contributed by atoms with van der Waals surface area (Å²) in [6, 6.07) is 21.5. The van der Waals surface area contributed by atoms with Gasteiger partial charge in [-0.1, -0.05) is 60.7 Å². The molecule has 1 aliphatic rings. The van der Waals surface area contributed by atoms with Gasteiger partial charge in [0.2, 0.25) is 5.91 Å². The summed E-state index contributed by atoms with van der Waals surface area (Å²) in [4.78, 5) is 13.4. The molecule has 0 radical (unpaired) electrons. The highest BCUT2D eigenvalue weighted by Gasteiger charge is 2.35. The molecule has 1 saturated heterocycles. The zero-order valence-electron chi connectivity index (χ0n) is 14.9. The van der Waals surface area contributed by atoms with Crippen LogP contribution in [0.15, 0.2) is 60.7 Å². The number of nitrogens with one attached hydrogen (secondary N) is 1. The molecule has 0 aromatic heterocycles. The molecule has 2 aromatic rings. The summed E-state index contributed by atoms with van der Waals surface area (Å²) in [7, 11) is 0. The van der Waals surface area contributed by atoms with Crippen LogP contribution in [0.3, 0.4) is 0 Å². The van der Waals surface area contributed by atoms with Crippen LogP contribution < -0.4 is 5.32 Å². The van der Waals surface area contributed by atoms with Crippen LogP contribution in [0.5, 0.6) is 0 Å². The lowest BCUT2D eigenvalue weighted by atomic mass is 9.94. The maximum atomic E-state index is 11.0. The number of hydrogen-bond acceptors (Lipinski definition) is 3. The van der Waals surface area contributed by atoms with Gasteiger partial charge in [0.1, 0.15) is 0 Å². The second-order valence-corrected chi connectivity index (χ2v) is 6.68. The Balaban J connectivity index is 1.62. The zero-order chi connectivity index (χ0) is 17.6. The van der Waals surface area contributed by atoms with Crippen molar-refractivity contribution in [2.75, 3.05) is 19.6 Å². The second-order valence-electron chi connectivity index (χ2n) is 6.68. The topological polar surface area (TPSA) is 41.6 Å². The van der Waals surface area contributed by atoms with Crippen LogP contribution >= 0.6 is 0 Å². The molecule has 25 heavy (non-hydrogen) atoms. The lowest BCUT2D eigenvalue weighted by Gasteiger charge is -2.45. The van der Waals surface area contributed by atoms with Crippen LogP contribution in [0.4, 0.5) is 0 Å². The third-order valence-electron chi connectivity index (χ3n) is 4.54. The third-order valence-corrected chi connectivity index (χ3v) is 4.54. The first kappa shape index (κ1) is 17.6. The zero-order valence-corrected chi connectivity index (χ0v) is 14.9. The average Bonchev–Trinajstić information content (AvgIpc) is 2.60. The number of amides is 1. The predicted octanol–water partition coefficient (Wildman–Crippen LogP) is 3.00. The minimum absolute atomic E-state index is 0.0149. The molecular formula is C21H26N2O2. The Bertz CT molecular complexity index is 629. The molecule has 1 heterocycles. The van der Waals surface area contributed by atoms with Gasteiger partial charge >= 0.3 is 0 Å². The molecule has 1 N–H and O–H groups in total. The number of carbonyl (C=O) groups excluding carboxylic acids is 1. The van der Waals surface area contributed by atoms with E-state index in [2.05, 4.69) is 70.9 Å². The first-order chi connectivity index (χ1) is 12.1. The summed E-state index contributed by atoms with van der Waals surface area (Å²) < 4.78 is 6.03. The Morgan fingerprint density at radius 1 is 1.08 bits per heavy atom. The van der Waals surface area contributed by atoms with Gasteiger partial charge in [0.15, 0.2) is 0 Å². The summed E-state index contributed by atoms with van der Waals surface area (Å²) in [6.07, 6.45) is 0.252. The van der Waals surface area contributed by atoms with E-state index in [0.29, 0.717) is 6.54 Å². The lowest BCUT2D eigenvalue weighted by molar-refractivity contribution is -0.121. The van der Waals surface area contributed by atoms with Crippen molar-refractivity contribution in [3.05, 3.63) is 71.8 Å². The molecule has 1 fully saturated rings. The van der Waals surface area contributed by atoms with Crippen molar-refractivity contribution in [2.24, 2.45) is 0 Å². The highest BCUT2D eigenvalue weighted by Crippen LogP contribution is 2.33. The Labute approximate surface area is 149 Å². The molecule has 0 saturated carbocycles. The number of likely N-dealkylation sites (tertiary alicyclic amines) is 1. The largest absolute Gasteiger partial charge is 0.371 e. The van der Waals surface area contributed by atoms with Gasteiger partial charge in [0, 0.05) is 26.6 Å². The van der Waals surface area contributed by atoms with E-state index < -0.39 is 0 Å². The van der Waals surface area contributed by atoms with Crippen LogP contribution in [-0.4, -0.2) is 42.6 Å². The molecule has 1 unspecified atom stereocenters. The van der Waals surface area contributed by atoms with Crippen LogP contribution in [0.2, 0.25) is 0 Å². The van der Waals surface area contributed by atoms with Crippen molar-refractivity contribution in [1.82, 2.24) is 10.2 Å². The highest BCUT2D eigenvalue weighted by atomic mass is 16.5. The normalized spacial score (nSPS) is 16.4. The molecule has 1 amide bonds. The van der Waals surface area contributed by atoms with Crippen molar-refractivity contribution in [3.63, 3.8) is 0 Å². The Morgan fingerprint density at radius 2 is 1.60 bits per heavy atom. The van der Waals surface area contributed by atoms with Gasteiger partial charge in [-0.15, -0.1) is 0 Å². The first-order valence-electron chi connectivity index (χ1n) is 8.87. The predicted molar refractivity (Wildman–Crippen MR) is 99.3 cm³/mol. The molecule has 132 valence electrons. The monoisotopic (exact) mass is 338 g/mol. The fourth-order valence-electron chi connectivity index (χ4n) is 3.32. The van der Waals surface area contributed by atoms with E-state index in [1.807, 2.05) is 6.92 Å². The number of nitrogens with zero attached hydrogens (tertiary/aromatic N) is 1. The van der Waals surface area contributed by atoms with E-state index >= 15 is 0 Å². The van der Waals surface area contributed by atoms with E-state index in [9.17, 15) is 4.79 Å². The summed E-state index contributed by atoms with van der Waals surface area (Å²) in [5.41, 5.74) is 2.61. The van der Waals surface area contributed by atoms with E-state index in [1.165, 1.54) is 18.1 Å². The molecule has 4 nitrogen and oxygen atoms in total. The molecule has 0 spiro atoms. The fourth-order valence-corrected chi connectivity index (χ4v) is 3.32. The maximum absolute atomic E-state index is 11.0. The summed E-state index contributed by atoms with van der Waals surface area (Å²) in [6.45, 7) is 5.90. The van der Waals surface area contributed by atoms with Gasteiger partial charge in [0.05, 0.1) is 18.2 Å². The Kier molecular flexibility index (Phi) is 5.84. The number of ether oxygens (including phenoxy) is 1. The van der Waals surface area contributed by atoms with Gasteiger partial charge in [-0.2, -0.15) is 0 Å². The van der Waals surface area contributed by atoms with E-state index in [-0.39, 0.29) is 24.2 Å². The maximum Gasteiger partial charge on any atom is 0.216 e. The number of hydrogen-bond donors (Lipinski definition) is 1. The lowest BCUT2D eigenvalue weighted by Crippen LogP contribution is -2.55. The van der Waals surface area contributed by atoms with Crippen molar-refractivity contribution in [1.29, 1.82) is 0 Å². The van der Waals surface area contributed by atoms with Gasteiger partial charge in [-0.25, -0.2) is 0 Å². The molecule has 3 rings (SSSR count). The fraction of sp³-hybridized carbons (Fsp3) is 0.381. The molecule has 4 heteroatoms. The van der Waals surface area contributed by atoms with Crippen molar-refractivity contribution in [2.45, 2.75) is 32.1 Å². The number of benzene rings is 2. The summed E-state index contributed by atoms with van der Waals surface area (Å²) in [5, 5.41) is 2.81. The quantitative estimate of drug-likeness (QED) is 0.844. The minimum Gasteiger partial charge on any atom is -0.371 e. The number of carbonyl (C=O) groups is 1. The number of rotatable bonds is 7. The van der Waals surface area contributed by atoms with Crippen LogP contribution in [0.1, 0.15) is 31.0 Å².